The Hall–Kier alpha value is -3.44. The van der Waals surface area contributed by atoms with Crippen LogP contribution in [0.4, 0.5) is 13.6 Å². The second-order valence-electron chi connectivity index (χ2n) is 8.25. The van der Waals surface area contributed by atoms with Crippen LogP contribution in [-0.2, 0) is 20.7 Å². The number of hydrogen-bond acceptors (Lipinski definition) is 7. The number of methoxy groups -OCH3 is 1. The molecular formula is C27H35F2NO8. The number of benzene rings is 2. The minimum absolute atomic E-state index is 0.00405. The number of alkyl halides is 2. The average molecular weight is 540 g/mol. The van der Waals surface area contributed by atoms with Crippen molar-refractivity contribution in [1.82, 2.24) is 4.90 Å². The Labute approximate surface area is 221 Å². The third-order valence-corrected chi connectivity index (χ3v) is 5.48. The van der Waals surface area contributed by atoms with Crippen molar-refractivity contribution in [2.24, 2.45) is 0 Å². The van der Waals surface area contributed by atoms with Gasteiger partial charge in [-0.2, -0.15) is 0 Å². The second-order valence-corrected chi connectivity index (χ2v) is 8.25. The Morgan fingerprint density at radius 2 is 1.66 bits per heavy atom. The summed E-state index contributed by atoms with van der Waals surface area (Å²) < 4.78 is 53.7. The van der Waals surface area contributed by atoms with Crippen LogP contribution in [-0.4, -0.2) is 80.7 Å². The van der Waals surface area contributed by atoms with Crippen molar-refractivity contribution in [3.05, 3.63) is 54.1 Å². The van der Waals surface area contributed by atoms with Gasteiger partial charge in [0.1, 0.15) is 19.0 Å². The highest BCUT2D eigenvalue weighted by Gasteiger charge is 2.26. The number of rotatable bonds is 17. The molecular weight excluding hydrogens is 504 g/mol. The molecule has 11 heteroatoms. The van der Waals surface area contributed by atoms with Gasteiger partial charge in [0.15, 0.2) is 17.6 Å². The zero-order valence-corrected chi connectivity index (χ0v) is 21.9. The molecule has 0 aliphatic carbocycles. The molecule has 1 N–H and O–H groups in total. The van der Waals surface area contributed by atoms with E-state index >= 15 is 0 Å². The van der Waals surface area contributed by atoms with E-state index in [1.54, 1.807) is 55.5 Å². The van der Waals surface area contributed by atoms with Gasteiger partial charge in [-0.3, -0.25) is 0 Å². The second kappa shape index (κ2) is 15.7. The molecule has 2 aromatic rings. The monoisotopic (exact) mass is 539 g/mol. The van der Waals surface area contributed by atoms with Gasteiger partial charge in [-0.25, -0.2) is 18.4 Å². The van der Waals surface area contributed by atoms with Gasteiger partial charge in [-0.1, -0.05) is 31.2 Å². The van der Waals surface area contributed by atoms with Crippen molar-refractivity contribution >= 4 is 12.1 Å². The molecule has 0 saturated carbocycles. The SMILES string of the molecule is CCOC(Cc1ccc(OCCN(CCOCC(F)(F)CC)C(=O)Oc2ccccc2OC)cc1)C(=O)O. The van der Waals surface area contributed by atoms with Crippen LogP contribution in [0.15, 0.2) is 48.5 Å². The van der Waals surface area contributed by atoms with E-state index in [0.29, 0.717) is 18.1 Å². The van der Waals surface area contributed by atoms with Crippen LogP contribution in [0.25, 0.3) is 0 Å². The fraction of sp³-hybridized carbons (Fsp3) is 0.481. The van der Waals surface area contributed by atoms with Crippen molar-refractivity contribution in [2.45, 2.75) is 38.7 Å². The first-order chi connectivity index (χ1) is 18.2. The molecule has 0 saturated heterocycles. The topological polar surface area (TPSA) is 104 Å². The molecule has 1 amide bonds. The number of nitrogens with zero attached hydrogens (tertiary/aromatic N) is 1. The van der Waals surface area contributed by atoms with Crippen LogP contribution in [0.1, 0.15) is 25.8 Å². The predicted octanol–water partition coefficient (Wildman–Crippen LogP) is 4.67. The van der Waals surface area contributed by atoms with Crippen molar-refractivity contribution < 1.29 is 47.2 Å². The lowest BCUT2D eigenvalue weighted by Crippen LogP contribution is -2.39. The summed E-state index contributed by atoms with van der Waals surface area (Å²) in [6, 6.07) is 13.5. The van der Waals surface area contributed by atoms with E-state index in [2.05, 4.69) is 0 Å². The number of carbonyl (C=O) groups excluding carboxylic acids is 1. The molecule has 2 rings (SSSR count). The minimum Gasteiger partial charge on any atom is -0.493 e. The van der Waals surface area contributed by atoms with Gasteiger partial charge in [-0.15, -0.1) is 0 Å². The summed E-state index contributed by atoms with van der Waals surface area (Å²) in [7, 11) is 1.45. The molecule has 210 valence electrons. The van der Waals surface area contributed by atoms with Gasteiger partial charge in [-0.05, 0) is 36.8 Å². The molecule has 1 atom stereocenters. The Morgan fingerprint density at radius 1 is 1.00 bits per heavy atom. The maximum Gasteiger partial charge on any atom is 0.415 e. The maximum atomic E-state index is 13.5. The Morgan fingerprint density at radius 3 is 2.26 bits per heavy atom. The van der Waals surface area contributed by atoms with E-state index in [1.165, 1.54) is 18.9 Å². The molecule has 0 aliphatic rings. The number of carbonyl (C=O) groups is 2. The summed E-state index contributed by atoms with van der Waals surface area (Å²) in [6.45, 7) is 2.72. The van der Waals surface area contributed by atoms with Crippen LogP contribution in [0.3, 0.4) is 0 Å². The number of halogens is 2. The molecule has 1 unspecified atom stereocenters. The predicted molar refractivity (Wildman–Crippen MR) is 135 cm³/mol. The molecule has 0 bridgehead atoms. The zero-order valence-electron chi connectivity index (χ0n) is 21.9. The van der Waals surface area contributed by atoms with E-state index in [-0.39, 0.29) is 44.9 Å². The molecule has 0 fully saturated rings. The van der Waals surface area contributed by atoms with Crippen LogP contribution in [0.5, 0.6) is 17.2 Å². The highest BCUT2D eigenvalue weighted by molar-refractivity contribution is 5.73. The number of para-hydroxylation sites is 2. The quantitative estimate of drug-likeness (QED) is 0.289. The molecule has 2 aromatic carbocycles. The molecule has 0 aromatic heterocycles. The number of ether oxygens (including phenoxy) is 5. The minimum atomic E-state index is -2.94. The van der Waals surface area contributed by atoms with Gasteiger partial charge < -0.3 is 33.7 Å². The van der Waals surface area contributed by atoms with Gasteiger partial charge in [0.2, 0.25) is 0 Å². The normalized spacial score (nSPS) is 12.0. The number of amides is 1. The summed E-state index contributed by atoms with van der Waals surface area (Å²) in [4.78, 5) is 25.4. The number of hydrogen-bond donors (Lipinski definition) is 1. The van der Waals surface area contributed by atoms with Crippen molar-refractivity contribution in [1.29, 1.82) is 0 Å². The Bertz CT molecular complexity index is 1000. The highest BCUT2D eigenvalue weighted by Crippen LogP contribution is 2.26. The standard InChI is InChI=1S/C27H35F2NO8/c1-4-27(28,29)19-35-16-14-30(26(33)38-23-9-7-6-8-22(23)34-3)15-17-37-21-12-10-20(11-13-21)18-24(25(31)32)36-5-2/h6-13,24H,4-5,14-19H2,1-3H3,(H,31,32). The summed E-state index contributed by atoms with van der Waals surface area (Å²) in [5.41, 5.74) is 0.765. The van der Waals surface area contributed by atoms with Crippen LogP contribution in [0.2, 0.25) is 0 Å². The van der Waals surface area contributed by atoms with Gasteiger partial charge in [0.05, 0.1) is 20.3 Å². The summed E-state index contributed by atoms with van der Waals surface area (Å²) in [5.74, 6) is -2.88. The summed E-state index contributed by atoms with van der Waals surface area (Å²) in [6.07, 6.45) is -1.78. The van der Waals surface area contributed by atoms with Gasteiger partial charge in [0.25, 0.3) is 5.92 Å². The first-order valence-electron chi connectivity index (χ1n) is 12.3. The van der Waals surface area contributed by atoms with E-state index in [4.69, 9.17) is 23.7 Å². The first-order valence-corrected chi connectivity index (χ1v) is 12.3. The van der Waals surface area contributed by atoms with E-state index in [1.807, 2.05) is 0 Å². The fourth-order valence-electron chi connectivity index (χ4n) is 3.28. The van der Waals surface area contributed by atoms with Crippen LogP contribution in [0, 0.1) is 0 Å². The fourth-order valence-corrected chi connectivity index (χ4v) is 3.28. The van der Waals surface area contributed by atoms with Crippen molar-refractivity contribution in [3.8, 4) is 17.2 Å². The Kier molecular flexibility index (Phi) is 12.7. The van der Waals surface area contributed by atoms with Gasteiger partial charge >= 0.3 is 12.1 Å². The van der Waals surface area contributed by atoms with Crippen molar-refractivity contribution in [3.63, 3.8) is 0 Å². The summed E-state index contributed by atoms with van der Waals surface area (Å²) in [5, 5.41) is 9.24. The van der Waals surface area contributed by atoms with E-state index in [0.717, 1.165) is 5.56 Å². The van der Waals surface area contributed by atoms with Gasteiger partial charge in [0, 0.05) is 26.0 Å². The smallest absolute Gasteiger partial charge is 0.415 e. The van der Waals surface area contributed by atoms with E-state index in [9.17, 15) is 23.5 Å². The molecule has 0 aliphatic heterocycles. The van der Waals surface area contributed by atoms with E-state index < -0.39 is 30.7 Å². The molecule has 0 heterocycles. The number of carboxylic acids is 1. The lowest BCUT2D eigenvalue weighted by molar-refractivity contribution is -0.149. The van der Waals surface area contributed by atoms with Crippen molar-refractivity contribution in [2.75, 3.05) is 46.6 Å². The third kappa shape index (κ3) is 10.5. The first kappa shape index (κ1) is 30.8. The maximum absolute atomic E-state index is 13.5. The molecule has 38 heavy (non-hydrogen) atoms. The third-order valence-electron chi connectivity index (χ3n) is 5.48. The lowest BCUT2D eigenvalue weighted by Gasteiger charge is -2.23. The largest absolute Gasteiger partial charge is 0.493 e. The van der Waals surface area contributed by atoms with Crippen LogP contribution < -0.4 is 14.2 Å². The summed E-state index contributed by atoms with van der Waals surface area (Å²) >= 11 is 0. The Balaban J connectivity index is 1.97. The van der Waals surface area contributed by atoms with Crippen LogP contribution >= 0.6 is 0 Å². The number of aliphatic carboxylic acids is 1. The zero-order chi connectivity index (χ0) is 28.0. The number of carboxylic acid groups (broad SMARTS) is 1. The molecule has 0 spiro atoms. The average Bonchev–Trinajstić information content (AvgIpc) is 2.90. The molecule has 0 radical (unpaired) electrons. The highest BCUT2D eigenvalue weighted by atomic mass is 19.3. The molecule has 9 nitrogen and oxygen atoms in total. The lowest BCUT2D eigenvalue weighted by atomic mass is 10.1.